The highest BCUT2D eigenvalue weighted by Crippen LogP contribution is 2.32. The van der Waals surface area contributed by atoms with E-state index in [4.69, 9.17) is 9.47 Å². The van der Waals surface area contributed by atoms with Crippen molar-refractivity contribution in [3.05, 3.63) is 103 Å². The molecule has 0 aliphatic rings. The lowest BCUT2D eigenvalue weighted by Gasteiger charge is -2.18. The molecule has 0 saturated heterocycles. The number of benzene rings is 4. The quantitative estimate of drug-likeness (QED) is 0.235. The number of amides is 1. The Bertz CT molecular complexity index is 1520. The third-order valence-corrected chi connectivity index (χ3v) is 6.70. The molecule has 7 nitrogen and oxygen atoms in total. The first-order valence-electron chi connectivity index (χ1n) is 11.8. The summed E-state index contributed by atoms with van der Waals surface area (Å²) in [5.74, 6) is 1.93. The topological polar surface area (TPSA) is 78.3 Å². The molecule has 0 fully saturated rings. The molecule has 5 rings (SSSR count). The van der Waals surface area contributed by atoms with Crippen LogP contribution in [0.1, 0.15) is 18.9 Å². The lowest BCUT2D eigenvalue weighted by Crippen LogP contribution is -2.15. The molecule has 4 aromatic carbocycles. The fraction of sp³-hybridized carbons (Fsp3) is 0.138. The van der Waals surface area contributed by atoms with Gasteiger partial charge < -0.3 is 14.8 Å². The summed E-state index contributed by atoms with van der Waals surface area (Å²) < 4.78 is 13.5. The maximum Gasteiger partial charge on any atom is 0.234 e. The van der Waals surface area contributed by atoms with Crippen LogP contribution in [0.4, 0.5) is 5.69 Å². The number of aromatic nitrogens is 3. The van der Waals surface area contributed by atoms with Gasteiger partial charge in [-0.25, -0.2) is 0 Å². The summed E-state index contributed by atoms with van der Waals surface area (Å²) in [7, 11) is 1.61. The zero-order valence-electron chi connectivity index (χ0n) is 20.5. The standard InChI is InChI=1S/C29H26N4O3S/c1-20(36-26-15-9-8-14-25(26)35-2)28-31-32-29(33(28)24-12-4-3-5-13-24)37-19-27(34)30-23-17-16-21-10-6-7-11-22(21)18-23/h3-18,20H,19H2,1-2H3,(H,30,34). The lowest BCUT2D eigenvalue weighted by molar-refractivity contribution is -0.113. The Morgan fingerprint density at radius 2 is 1.59 bits per heavy atom. The molecule has 0 aliphatic carbocycles. The highest BCUT2D eigenvalue weighted by molar-refractivity contribution is 7.99. The van der Waals surface area contributed by atoms with Gasteiger partial charge in [-0.15, -0.1) is 10.2 Å². The first-order chi connectivity index (χ1) is 18.1. The van der Waals surface area contributed by atoms with Crippen LogP contribution in [0.25, 0.3) is 16.5 Å². The summed E-state index contributed by atoms with van der Waals surface area (Å²) in [4.78, 5) is 12.8. The fourth-order valence-corrected chi connectivity index (χ4v) is 4.77. The predicted octanol–water partition coefficient (Wildman–Crippen LogP) is 6.30. The molecule has 0 saturated carbocycles. The van der Waals surface area contributed by atoms with Crippen LogP contribution in [0.5, 0.6) is 11.5 Å². The molecular formula is C29H26N4O3S. The number of carbonyl (C=O) groups is 1. The van der Waals surface area contributed by atoms with Gasteiger partial charge in [0, 0.05) is 11.4 Å². The molecule has 8 heteroatoms. The van der Waals surface area contributed by atoms with Crippen molar-refractivity contribution in [1.29, 1.82) is 0 Å². The van der Waals surface area contributed by atoms with Crippen LogP contribution in [0, 0.1) is 0 Å². The van der Waals surface area contributed by atoms with Gasteiger partial charge in [-0.3, -0.25) is 9.36 Å². The summed E-state index contributed by atoms with van der Waals surface area (Å²) in [6, 6.07) is 31.2. The van der Waals surface area contributed by atoms with Crippen LogP contribution in [0.2, 0.25) is 0 Å². The number of nitrogens with one attached hydrogen (secondary N) is 1. The summed E-state index contributed by atoms with van der Waals surface area (Å²) in [6.07, 6.45) is -0.426. The van der Waals surface area contributed by atoms with Crippen molar-refractivity contribution in [3.8, 4) is 17.2 Å². The van der Waals surface area contributed by atoms with Gasteiger partial charge in [0.25, 0.3) is 0 Å². The third kappa shape index (κ3) is 5.59. The largest absolute Gasteiger partial charge is 0.493 e. The van der Waals surface area contributed by atoms with Crippen molar-refractivity contribution in [3.63, 3.8) is 0 Å². The first-order valence-corrected chi connectivity index (χ1v) is 12.8. The molecule has 1 unspecified atom stereocenters. The van der Waals surface area contributed by atoms with E-state index in [2.05, 4.69) is 15.5 Å². The van der Waals surface area contributed by atoms with Crippen molar-refractivity contribution in [2.24, 2.45) is 0 Å². The van der Waals surface area contributed by atoms with Crippen LogP contribution in [-0.2, 0) is 4.79 Å². The van der Waals surface area contributed by atoms with Gasteiger partial charge in [0.05, 0.1) is 12.9 Å². The van der Waals surface area contributed by atoms with Crippen LogP contribution in [0.3, 0.4) is 0 Å². The number of thioether (sulfide) groups is 1. The molecule has 1 amide bonds. The first kappa shape index (κ1) is 24.4. The molecule has 1 heterocycles. The highest BCUT2D eigenvalue weighted by Gasteiger charge is 2.22. The van der Waals surface area contributed by atoms with Gasteiger partial charge in [0.15, 0.2) is 28.6 Å². The van der Waals surface area contributed by atoms with Crippen LogP contribution >= 0.6 is 11.8 Å². The van der Waals surface area contributed by atoms with Gasteiger partial charge in [-0.05, 0) is 54.1 Å². The Labute approximate surface area is 219 Å². The highest BCUT2D eigenvalue weighted by atomic mass is 32.2. The predicted molar refractivity (Wildman–Crippen MR) is 147 cm³/mol. The van der Waals surface area contributed by atoms with Crippen LogP contribution in [0.15, 0.2) is 102 Å². The van der Waals surface area contributed by atoms with E-state index in [1.165, 1.54) is 11.8 Å². The summed E-state index contributed by atoms with van der Waals surface area (Å²) in [6.45, 7) is 1.91. The SMILES string of the molecule is COc1ccccc1OC(C)c1nnc(SCC(=O)Nc2ccc3ccccc3c2)n1-c1ccccc1. The second-order valence-corrected chi connectivity index (χ2v) is 9.26. The Morgan fingerprint density at radius 1 is 0.892 bits per heavy atom. The molecule has 186 valence electrons. The van der Waals surface area contributed by atoms with E-state index >= 15 is 0 Å². The molecule has 1 atom stereocenters. The van der Waals surface area contributed by atoms with E-state index in [-0.39, 0.29) is 11.7 Å². The smallest absolute Gasteiger partial charge is 0.234 e. The number of nitrogens with zero attached hydrogens (tertiary/aromatic N) is 3. The maximum absolute atomic E-state index is 12.8. The second-order valence-electron chi connectivity index (χ2n) is 8.32. The van der Waals surface area contributed by atoms with E-state index in [9.17, 15) is 4.79 Å². The van der Waals surface area contributed by atoms with Gasteiger partial charge in [-0.2, -0.15) is 0 Å². The lowest BCUT2D eigenvalue weighted by atomic mass is 10.1. The van der Waals surface area contributed by atoms with Crippen molar-refractivity contribution in [2.75, 3.05) is 18.2 Å². The van der Waals surface area contributed by atoms with Crippen molar-refractivity contribution in [1.82, 2.24) is 14.8 Å². The van der Waals surface area contributed by atoms with Gasteiger partial charge in [-0.1, -0.05) is 72.4 Å². The number of fused-ring (bicyclic) bond motifs is 1. The third-order valence-electron chi connectivity index (χ3n) is 5.77. The minimum atomic E-state index is -0.426. The molecule has 37 heavy (non-hydrogen) atoms. The van der Waals surface area contributed by atoms with Gasteiger partial charge in [0.2, 0.25) is 5.91 Å². The van der Waals surface area contributed by atoms with E-state index in [0.717, 1.165) is 22.1 Å². The van der Waals surface area contributed by atoms with E-state index in [1.807, 2.05) is 109 Å². The number of anilines is 1. The summed E-state index contributed by atoms with van der Waals surface area (Å²) in [5, 5.41) is 14.6. The Morgan fingerprint density at radius 3 is 2.38 bits per heavy atom. The number of hydrogen-bond donors (Lipinski definition) is 1. The van der Waals surface area contributed by atoms with E-state index in [1.54, 1.807) is 7.11 Å². The Balaban J connectivity index is 1.35. The average Bonchev–Trinajstić information content (AvgIpc) is 3.37. The number of para-hydroxylation sites is 3. The molecule has 0 bridgehead atoms. The Hall–Kier alpha value is -4.30. The van der Waals surface area contributed by atoms with Crippen molar-refractivity contribution in [2.45, 2.75) is 18.2 Å². The number of carbonyl (C=O) groups excluding carboxylic acids is 1. The van der Waals surface area contributed by atoms with Crippen molar-refractivity contribution < 1.29 is 14.3 Å². The van der Waals surface area contributed by atoms with E-state index < -0.39 is 6.10 Å². The molecular weight excluding hydrogens is 484 g/mol. The molecule has 0 radical (unpaired) electrons. The summed E-state index contributed by atoms with van der Waals surface area (Å²) >= 11 is 1.32. The van der Waals surface area contributed by atoms with E-state index in [0.29, 0.717) is 22.5 Å². The molecule has 1 N–H and O–H groups in total. The summed E-state index contributed by atoms with van der Waals surface area (Å²) in [5.41, 5.74) is 1.64. The maximum atomic E-state index is 12.8. The fourth-order valence-electron chi connectivity index (χ4n) is 4.01. The second kappa shape index (κ2) is 11.2. The van der Waals surface area contributed by atoms with Gasteiger partial charge >= 0.3 is 0 Å². The van der Waals surface area contributed by atoms with Crippen LogP contribution < -0.4 is 14.8 Å². The molecule has 5 aromatic rings. The molecule has 0 spiro atoms. The zero-order chi connectivity index (χ0) is 25.6. The minimum absolute atomic E-state index is 0.122. The Kier molecular flexibility index (Phi) is 7.37. The molecule has 0 aliphatic heterocycles. The number of methoxy groups -OCH3 is 1. The monoisotopic (exact) mass is 510 g/mol. The molecule has 1 aromatic heterocycles. The van der Waals surface area contributed by atoms with Crippen molar-refractivity contribution >= 4 is 34.1 Å². The number of rotatable bonds is 9. The normalized spacial score (nSPS) is 11.7. The number of ether oxygens (including phenoxy) is 2. The zero-order valence-corrected chi connectivity index (χ0v) is 21.3. The number of hydrogen-bond acceptors (Lipinski definition) is 6. The average molecular weight is 511 g/mol. The minimum Gasteiger partial charge on any atom is -0.493 e. The van der Waals surface area contributed by atoms with Gasteiger partial charge in [0.1, 0.15) is 0 Å². The van der Waals surface area contributed by atoms with Crippen LogP contribution in [-0.4, -0.2) is 33.5 Å².